The Bertz CT molecular complexity index is 1410. The Morgan fingerprint density at radius 3 is 2.30 bits per heavy atom. The van der Waals surface area contributed by atoms with Crippen LogP contribution in [0.25, 0.3) is 5.76 Å². The highest BCUT2D eigenvalue weighted by molar-refractivity contribution is 6.25. The Labute approximate surface area is 249 Å². The number of likely N-dealkylation sites (N-methyl/N-ethyl adjacent to an activating group) is 1. The van der Waals surface area contributed by atoms with Gasteiger partial charge in [0.2, 0.25) is 5.78 Å². The van der Waals surface area contributed by atoms with Gasteiger partial charge in [0.15, 0.2) is 17.2 Å². The van der Waals surface area contributed by atoms with Gasteiger partial charge in [-0.15, -0.1) is 0 Å². The number of aliphatic carboxylic acids is 1. The first-order valence-corrected chi connectivity index (χ1v) is 14.5. The van der Waals surface area contributed by atoms with Gasteiger partial charge in [0.25, 0.3) is 0 Å². The molecule has 8 N–H and O–H groups in total. The zero-order valence-corrected chi connectivity index (χ0v) is 24.5. The van der Waals surface area contributed by atoms with E-state index in [1.807, 2.05) is 0 Å². The minimum Gasteiger partial charge on any atom is -0.508 e. The molecule has 0 spiro atoms. The second-order valence-electron chi connectivity index (χ2n) is 12.3. The van der Waals surface area contributed by atoms with Crippen LogP contribution in [0.1, 0.15) is 69.4 Å². The Morgan fingerprint density at radius 1 is 1.05 bits per heavy atom. The fraction of sp³-hybridized carbons (Fsp3) is 0.548. The quantitative estimate of drug-likeness (QED) is 0.143. The van der Waals surface area contributed by atoms with E-state index in [9.17, 15) is 44.7 Å². The molecule has 0 unspecified atom stereocenters. The Hall–Kier alpha value is -3.58. The molecule has 43 heavy (non-hydrogen) atoms. The molecule has 1 aromatic rings. The zero-order chi connectivity index (χ0) is 32.0. The first kappa shape index (κ1) is 32.3. The van der Waals surface area contributed by atoms with Crippen molar-refractivity contribution in [2.45, 2.75) is 81.6 Å². The van der Waals surface area contributed by atoms with Gasteiger partial charge >= 0.3 is 5.97 Å². The smallest absolute Gasteiger partial charge is 0.320 e. The number of aromatic hydroxyl groups is 1. The van der Waals surface area contributed by atoms with Crippen molar-refractivity contribution in [1.82, 2.24) is 4.90 Å². The maximum atomic E-state index is 14.1. The van der Waals surface area contributed by atoms with E-state index >= 15 is 0 Å². The summed E-state index contributed by atoms with van der Waals surface area (Å²) in [5.74, 6) is -8.16. The van der Waals surface area contributed by atoms with E-state index in [-0.39, 0.29) is 24.0 Å². The minimum absolute atomic E-state index is 0.138. The number of fused-ring (bicyclic) bond motifs is 3. The normalized spacial score (nSPS) is 29.3. The van der Waals surface area contributed by atoms with E-state index in [2.05, 4.69) is 0 Å². The lowest BCUT2D eigenvalue weighted by atomic mass is 9.54. The molecule has 1 saturated carbocycles. The molecule has 0 aromatic heterocycles. The summed E-state index contributed by atoms with van der Waals surface area (Å²) in [6.45, 7) is 1.42. The number of ketones is 3. The number of phenolic OH excluding ortho intramolecular Hbond substituents is 1. The number of rotatable bonds is 11. The van der Waals surface area contributed by atoms with E-state index in [0.29, 0.717) is 38.5 Å². The molecular weight excluding hydrogens is 560 g/mol. The standard InChI is InChI=1S/C31H40N2O10/c1-30(42)15-10-9-13-19(34)21(15)25(36)22-16(30)14-17-24(33(2)3)26(37)23(28(39)31(17,43)27(22)38)20(35)12-8-6-4-5-7-11-18(32)29(40)41/h9-10,13,16-18,24,34,36,39,42-43H,4-8,11-12,14,32H2,1-3H3,(H,40,41)/t16-,17-,18-,24-,30+,31-/m0/s1. The van der Waals surface area contributed by atoms with Gasteiger partial charge in [-0.25, -0.2) is 0 Å². The monoisotopic (exact) mass is 600 g/mol. The summed E-state index contributed by atoms with van der Waals surface area (Å²) < 4.78 is 0. The summed E-state index contributed by atoms with van der Waals surface area (Å²) in [6.07, 6.45) is 2.91. The molecule has 1 aromatic carbocycles. The number of hydrogen-bond donors (Lipinski definition) is 7. The lowest BCUT2D eigenvalue weighted by molar-refractivity contribution is -0.159. The van der Waals surface area contributed by atoms with Crippen LogP contribution in [0.4, 0.5) is 0 Å². The number of carbonyl (C=O) groups excluding carboxylic acids is 3. The molecule has 0 radical (unpaired) electrons. The van der Waals surface area contributed by atoms with Crippen molar-refractivity contribution in [3.8, 4) is 5.75 Å². The van der Waals surface area contributed by atoms with Crippen LogP contribution >= 0.6 is 0 Å². The summed E-state index contributed by atoms with van der Waals surface area (Å²) in [4.78, 5) is 53.4. The fourth-order valence-electron chi connectivity index (χ4n) is 6.96. The van der Waals surface area contributed by atoms with Crippen LogP contribution in [-0.4, -0.2) is 90.6 Å². The molecule has 0 bridgehead atoms. The van der Waals surface area contributed by atoms with Crippen LogP contribution in [0, 0.1) is 11.8 Å². The number of carbonyl (C=O) groups is 4. The average Bonchev–Trinajstić information content (AvgIpc) is 2.92. The highest BCUT2D eigenvalue weighted by Crippen LogP contribution is 2.57. The van der Waals surface area contributed by atoms with Crippen molar-refractivity contribution >= 4 is 29.1 Å². The van der Waals surface area contributed by atoms with Crippen molar-refractivity contribution in [3.05, 3.63) is 46.2 Å². The first-order chi connectivity index (χ1) is 20.1. The van der Waals surface area contributed by atoms with Crippen molar-refractivity contribution in [3.63, 3.8) is 0 Å². The average molecular weight is 601 g/mol. The maximum Gasteiger partial charge on any atom is 0.320 e. The van der Waals surface area contributed by atoms with Crippen molar-refractivity contribution in [2.75, 3.05) is 14.1 Å². The number of carboxylic acid groups (broad SMARTS) is 1. The predicted octanol–water partition coefficient (Wildman–Crippen LogP) is 1.86. The zero-order valence-electron chi connectivity index (χ0n) is 24.5. The summed E-state index contributed by atoms with van der Waals surface area (Å²) in [5, 5.41) is 65.5. The number of Topliss-reactive ketones (excluding diaryl/α,β-unsaturated/α-hetero) is 3. The largest absolute Gasteiger partial charge is 0.508 e. The van der Waals surface area contributed by atoms with Crippen molar-refractivity contribution in [1.29, 1.82) is 0 Å². The summed E-state index contributed by atoms with van der Waals surface area (Å²) in [6, 6.07) is 2.13. The van der Waals surface area contributed by atoms with E-state index in [1.165, 1.54) is 30.0 Å². The molecule has 234 valence electrons. The molecule has 4 rings (SSSR count). The van der Waals surface area contributed by atoms with E-state index < -0.39 is 86.9 Å². The lowest BCUT2D eigenvalue weighted by Crippen LogP contribution is -2.66. The Morgan fingerprint density at radius 2 is 1.67 bits per heavy atom. The number of hydrogen-bond acceptors (Lipinski definition) is 11. The molecule has 12 heteroatoms. The molecule has 3 aliphatic carbocycles. The van der Waals surface area contributed by atoms with E-state index in [4.69, 9.17) is 10.8 Å². The molecule has 0 aliphatic heterocycles. The summed E-state index contributed by atoms with van der Waals surface area (Å²) >= 11 is 0. The van der Waals surface area contributed by atoms with Crippen LogP contribution in [0.5, 0.6) is 5.75 Å². The second-order valence-corrected chi connectivity index (χ2v) is 12.3. The number of nitrogens with zero attached hydrogens (tertiary/aromatic N) is 1. The predicted molar refractivity (Wildman–Crippen MR) is 154 cm³/mol. The van der Waals surface area contributed by atoms with Gasteiger partial charge in [-0.05, 0) is 51.9 Å². The Balaban J connectivity index is 1.64. The van der Waals surface area contributed by atoms with Crippen molar-refractivity contribution < 1.29 is 49.8 Å². The number of unbranched alkanes of at least 4 members (excludes halogenated alkanes) is 4. The number of nitrogens with two attached hydrogens (primary N) is 1. The number of carboxylic acids is 1. The van der Waals surface area contributed by atoms with Crippen LogP contribution in [0.3, 0.4) is 0 Å². The van der Waals surface area contributed by atoms with Gasteiger partial charge < -0.3 is 36.4 Å². The van der Waals surface area contributed by atoms with Crippen LogP contribution in [0.15, 0.2) is 35.1 Å². The van der Waals surface area contributed by atoms with Gasteiger partial charge in [-0.3, -0.25) is 24.1 Å². The van der Waals surface area contributed by atoms with Crippen molar-refractivity contribution in [2.24, 2.45) is 17.6 Å². The van der Waals surface area contributed by atoms with E-state index in [1.54, 1.807) is 14.1 Å². The number of benzene rings is 1. The van der Waals surface area contributed by atoms with Gasteiger partial charge in [-0.1, -0.05) is 37.8 Å². The number of aliphatic hydroxyl groups is 4. The van der Waals surface area contributed by atoms with Crippen LogP contribution in [-0.2, 0) is 24.8 Å². The molecule has 3 aliphatic rings. The molecule has 12 nitrogen and oxygen atoms in total. The third kappa shape index (κ3) is 5.26. The lowest BCUT2D eigenvalue weighted by Gasteiger charge is -2.53. The van der Waals surface area contributed by atoms with E-state index in [0.717, 1.165) is 0 Å². The van der Waals surface area contributed by atoms with Gasteiger partial charge in [-0.2, -0.15) is 0 Å². The van der Waals surface area contributed by atoms with Gasteiger partial charge in [0.1, 0.15) is 28.9 Å². The summed E-state index contributed by atoms with van der Waals surface area (Å²) in [5.41, 5.74) is -0.101. The molecule has 0 heterocycles. The third-order valence-corrected chi connectivity index (χ3v) is 9.29. The minimum atomic E-state index is -2.74. The summed E-state index contributed by atoms with van der Waals surface area (Å²) in [7, 11) is 3.09. The third-order valence-electron chi connectivity index (χ3n) is 9.29. The van der Waals surface area contributed by atoms with Gasteiger partial charge in [0, 0.05) is 23.8 Å². The maximum absolute atomic E-state index is 14.1. The molecular formula is C31H40N2O10. The number of phenols is 1. The first-order valence-electron chi connectivity index (χ1n) is 14.5. The van der Waals surface area contributed by atoms with Gasteiger partial charge in [0.05, 0.1) is 17.2 Å². The SMILES string of the molecule is CN(C)[C@@H]1C(=O)C(C(=O)CCCCCCC[C@H](N)C(=O)O)=C(O)[C@@]2(O)C(=O)C3=C(O)c4c(O)cccc4[C@@](C)(O)[C@H]3C[C@@H]12. The fourth-order valence-corrected chi connectivity index (χ4v) is 6.96. The molecule has 6 atom stereocenters. The number of aliphatic hydroxyl groups excluding tert-OH is 2. The molecule has 1 fully saturated rings. The second kappa shape index (κ2) is 11.8. The molecule has 0 amide bonds. The van der Waals surface area contributed by atoms with Crippen LogP contribution < -0.4 is 5.73 Å². The highest BCUT2D eigenvalue weighted by Gasteiger charge is 2.66. The molecule has 0 saturated heterocycles. The Kier molecular flexibility index (Phi) is 8.90. The highest BCUT2D eigenvalue weighted by atomic mass is 16.4. The van der Waals surface area contributed by atoms with Crippen LogP contribution in [0.2, 0.25) is 0 Å². The topological polar surface area (TPSA) is 219 Å².